The van der Waals surface area contributed by atoms with Crippen molar-refractivity contribution in [2.45, 2.75) is 17.7 Å². The van der Waals surface area contributed by atoms with Gasteiger partial charge in [0.1, 0.15) is 0 Å². The Balaban J connectivity index is 1.92. The number of primary amides is 1. The Hall–Kier alpha value is -1.79. The van der Waals surface area contributed by atoms with E-state index in [0.717, 1.165) is 40.6 Å². The third kappa shape index (κ3) is 5.41. The van der Waals surface area contributed by atoms with E-state index in [1.54, 1.807) is 11.8 Å². The minimum atomic E-state index is -0.256. The van der Waals surface area contributed by atoms with Gasteiger partial charge in [0.2, 0.25) is 5.91 Å². The number of rotatable bonds is 7. The van der Waals surface area contributed by atoms with Gasteiger partial charge in [0.15, 0.2) is 6.54 Å². The van der Waals surface area contributed by atoms with E-state index in [-0.39, 0.29) is 17.7 Å². The van der Waals surface area contributed by atoms with Crippen LogP contribution in [0.3, 0.4) is 0 Å². The van der Waals surface area contributed by atoms with Crippen LogP contribution >= 0.6 is 11.8 Å². The number of hydrogen-bond donors (Lipinski definition) is 3. The number of thioether (sulfide) groups is 1. The Morgan fingerprint density at radius 2 is 2.22 bits per heavy atom. The Kier molecular flexibility index (Phi) is 6.67. The van der Waals surface area contributed by atoms with Crippen LogP contribution < -0.4 is 16.0 Å². The Morgan fingerprint density at radius 1 is 1.43 bits per heavy atom. The zero-order valence-corrected chi connectivity index (χ0v) is 14.0. The number of quaternary nitrogens is 1. The summed E-state index contributed by atoms with van der Waals surface area (Å²) in [7, 11) is 0. The van der Waals surface area contributed by atoms with Crippen LogP contribution in [0.25, 0.3) is 0 Å². The Labute approximate surface area is 141 Å². The maximum atomic E-state index is 12.3. The number of benzene rings is 1. The van der Waals surface area contributed by atoms with Crippen molar-refractivity contribution >= 4 is 29.3 Å². The second-order valence-electron chi connectivity index (χ2n) is 5.77. The predicted molar refractivity (Wildman–Crippen MR) is 93.5 cm³/mol. The SMILES string of the molecule is C=CCSc1ccccc1NC(=O)C[NH+]1CCC[C@H](C(N)=O)C1. The third-order valence-corrected chi connectivity index (χ3v) is 5.02. The van der Waals surface area contributed by atoms with Gasteiger partial charge in [-0.05, 0) is 25.0 Å². The van der Waals surface area contributed by atoms with Gasteiger partial charge >= 0.3 is 0 Å². The Morgan fingerprint density at radius 3 is 2.96 bits per heavy atom. The first-order valence-electron chi connectivity index (χ1n) is 7.85. The van der Waals surface area contributed by atoms with Crippen molar-refractivity contribution in [3.63, 3.8) is 0 Å². The van der Waals surface area contributed by atoms with E-state index in [0.29, 0.717) is 13.1 Å². The van der Waals surface area contributed by atoms with Gasteiger partial charge in [-0.15, -0.1) is 18.3 Å². The number of piperidine rings is 1. The van der Waals surface area contributed by atoms with Crippen molar-refractivity contribution in [1.29, 1.82) is 0 Å². The highest BCUT2D eigenvalue weighted by Crippen LogP contribution is 2.26. The molecule has 0 radical (unpaired) electrons. The van der Waals surface area contributed by atoms with Gasteiger partial charge in [-0.2, -0.15) is 0 Å². The van der Waals surface area contributed by atoms with Gasteiger partial charge in [-0.25, -0.2) is 0 Å². The molecule has 23 heavy (non-hydrogen) atoms. The minimum absolute atomic E-state index is 0.0308. The topological polar surface area (TPSA) is 76.6 Å². The van der Waals surface area contributed by atoms with Gasteiger partial charge < -0.3 is 16.0 Å². The molecule has 1 fully saturated rings. The van der Waals surface area contributed by atoms with Gasteiger partial charge in [0.25, 0.3) is 5.91 Å². The van der Waals surface area contributed by atoms with Crippen molar-refractivity contribution in [3.05, 3.63) is 36.9 Å². The monoisotopic (exact) mass is 334 g/mol. The van der Waals surface area contributed by atoms with Gasteiger partial charge in [-0.1, -0.05) is 18.2 Å². The first-order chi connectivity index (χ1) is 11.1. The largest absolute Gasteiger partial charge is 0.369 e. The summed E-state index contributed by atoms with van der Waals surface area (Å²) < 4.78 is 0. The Bertz CT molecular complexity index is 577. The minimum Gasteiger partial charge on any atom is -0.369 e. The van der Waals surface area contributed by atoms with Gasteiger partial charge in [0.05, 0.1) is 24.7 Å². The molecule has 5 nitrogen and oxygen atoms in total. The average Bonchev–Trinajstić information content (AvgIpc) is 2.54. The lowest BCUT2D eigenvalue weighted by molar-refractivity contribution is -0.899. The van der Waals surface area contributed by atoms with E-state index in [1.807, 2.05) is 30.3 Å². The number of hydrogen-bond acceptors (Lipinski definition) is 3. The molecule has 1 aromatic rings. The molecular weight excluding hydrogens is 310 g/mol. The molecular formula is C17H24N3O2S+. The summed E-state index contributed by atoms with van der Waals surface area (Å²) in [4.78, 5) is 25.8. The summed E-state index contributed by atoms with van der Waals surface area (Å²) >= 11 is 1.64. The lowest BCUT2D eigenvalue weighted by atomic mass is 9.97. The predicted octanol–water partition coefficient (Wildman–Crippen LogP) is 0.683. The van der Waals surface area contributed by atoms with Crippen molar-refractivity contribution in [3.8, 4) is 0 Å². The molecule has 1 saturated heterocycles. The standard InChI is InChI=1S/C17H23N3O2S/c1-2-10-23-15-8-4-3-7-14(15)19-16(21)12-20-9-5-6-13(11-20)17(18)22/h2-4,7-8,13H,1,5-6,9-12H2,(H2,18,22)(H,19,21)/p+1/t13-/m0/s1. The van der Waals surface area contributed by atoms with Crippen LogP contribution in [0, 0.1) is 5.92 Å². The zero-order chi connectivity index (χ0) is 16.7. The number of anilines is 1. The summed E-state index contributed by atoms with van der Waals surface area (Å²) in [6.07, 6.45) is 3.61. The molecule has 124 valence electrons. The van der Waals surface area contributed by atoms with Crippen LogP contribution in [0.4, 0.5) is 5.69 Å². The average molecular weight is 334 g/mol. The van der Waals surface area contributed by atoms with E-state index in [9.17, 15) is 9.59 Å². The molecule has 6 heteroatoms. The van der Waals surface area contributed by atoms with Crippen LogP contribution in [0.15, 0.2) is 41.8 Å². The lowest BCUT2D eigenvalue weighted by Crippen LogP contribution is -3.14. The van der Waals surface area contributed by atoms with E-state index in [2.05, 4.69) is 11.9 Å². The summed E-state index contributed by atoms with van der Waals surface area (Å²) in [6, 6.07) is 7.75. The smallest absolute Gasteiger partial charge is 0.279 e. The maximum absolute atomic E-state index is 12.3. The first-order valence-corrected chi connectivity index (χ1v) is 8.84. The second kappa shape index (κ2) is 8.74. The highest BCUT2D eigenvalue weighted by atomic mass is 32.2. The molecule has 0 saturated carbocycles. The quantitative estimate of drug-likeness (QED) is 0.507. The third-order valence-electron chi connectivity index (χ3n) is 3.95. The summed E-state index contributed by atoms with van der Waals surface area (Å²) in [5, 5.41) is 2.98. The second-order valence-corrected chi connectivity index (χ2v) is 6.83. The molecule has 0 spiro atoms. The fourth-order valence-electron chi connectivity index (χ4n) is 2.82. The fourth-order valence-corrected chi connectivity index (χ4v) is 3.57. The first kappa shape index (κ1) is 17.6. The van der Waals surface area contributed by atoms with E-state index >= 15 is 0 Å². The molecule has 0 aliphatic carbocycles. The number of amides is 2. The maximum Gasteiger partial charge on any atom is 0.279 e. The number of carbonyl (C=O) groups is 2. The molecule has 2 rings (SSSR count). The molecule has 0 aromatic heterocycles. The fraction of sp³-hybridized carbons (Fsp3) is 0.412. The lowest BCUT2D eigenvalue weighted by Gasteiger charge is -2.27. The zero-order valence-electron chi connectivity index (χ0n) is 13.2. The number of para-hydroxylation sites is 1. The number of carbonyl (C=O) groups excluding carboxylic acids is 2. The van der Waals surface area contributed by atoms with E-state index in [1.165, 1.54) is 0 Å². The van der Waals surface area contributed by atoms with Crippen molar-refractivity contribution in [2.75, 3.05) is 30.7 Å². The van der Waals surface area contributed by atoms with Crippen LogP contribution in [0.1, 0.15) is 12.8 Å². The van der Waals surface area contributed by atoms with Crippen molar-refractivity contribution < 1.29 is 14.5 Å². The molecule has 1 aromatic carbocycles. The molecule has 4 N–H and O–H groups in total. The molecule has 1 unspecified atom stereocenters. The number of nitrogens with two attached hydrogens (primary N) is 1. The normalized spacial score (nSPS) is 20.7. The molecule has 2 amide bonds. The summed E-state index contributed by atoms with van der Waals surface area (Å²) in [5.41, 5.74) is 6.21. The van der Waals surface area contributed by atoms with Crippen LogP contribution in [0.5, 0.6) is 0 Å². The molecule has 1 aliphatic heterocycles. The van der Waals surface area contributed by atoms with E-state index < -0.39 is 0 Å². The highest BCUT2D eigenvalue weighted by Gasteiger charge is 2.28. The molecule has 2 atom stereocenters. The van der Waals surface area contributed by atoms with Crippen LogP contribution in [-0.4, -0.2) is 37.2 Å². The van der Waals surface area contributed by atoms with Gasteiger partial charge in [-0.3, -0.25) is 9.59 Å². The van der Waals surface area contributed by atoms with Crippen LogP contribution in [-0.2, 0) is 9.59 Å². The number of likely N-dealkylation sites (tertiary alicyclic amines) is 1. The molecule has 0 bridgehead atoms. The van der Waals surface area contributed by atoms with Crippen molar-refractivity contribution in [2.24, 2.45) is 11.7 Å². The van der Waals surface area contributed by atoms with E-state index in [4.69, 9.17) is 5.73 Å². The highest BCUT2D eigenvalue weighted by molar-refractivity contribution is 7.99. The van der Waals surface area contributed by atoms with Crippen molar-refractivity contribution in [1.82, 2.24) is 0 Å². The molecule has 1 heterocycles. The summed E-state index contributed by atoms with van der Waals surface area (Å²) in [6.45, 7) is 5.64. The molecule has 1 aliphatic rings. The van der Waals surface area contributed by atoms with Gasteiger partial charge in [0, 0.05) is 10.6 Å². The number of nitrogens with one attached hydrogen (secondary N) is 2. The summed E-state index contributed by atoms with van der Waals surface area (Å²) in [5.74, 6) is 0.400. The van der Waals surface area contributed by atoms with Crippen LogP contribution in [0.2, 0.25) is 0 Å².